The molecule has 0 radical (unpaired) electrons. The van der Waals surface area contributed by atoms with E-state index in [1.54, 1.807) is 33.5 Å². The van der Waals surface area contributed by atoms with Crippen molar-refractivity contribution in [1.82, 2.24) is 14.5 Å². The summed E-state index contributed by atoms with van der Waals surface area (Å²) in [7, 11) is -3.50. The highest BCUT2D eigenvalue weighted by Crippen LogP contribution is 2.28. The van der Waals surface area contributed by atoms with Crippen LogP contribution in [0.5, 0.6) is 0 Å². The van der Waals surface area contributed by atoms with Crippen molar-refractivity contribution in [3.63, 3.8) is 0 Å². The molecule has 1 N–H and O–H groups in total. The fraction of sp³-hybridized carbons (Fsp3) is 0.650. The number of hydrogen-bond acceptors (Lipinski definition) is 4. The lowest BCUT2D eigenvalue weighted by Gasteiger charge is -2.31. The molecule has 0 unspecified atom stereocenters. The zero-order chi connectivity index (χ0) is 19.4. The third-order valence-corrected chi connectivity index (χ3v) is 7.55. The summed E-state index contributed by atoms with van der Waals surface area (Å²) in [6.07, 6.45) is 4.36. The third kappa shape index (κ3) is 5.47. The van der Waals surface area contributed by atoms with E-state index in [1.165, 1.54) is 12.8 Å². The van der Waals surface area contributed by atoms with Crippen molar-refractivity contribution in [2.75, 3.05) is 32.7 Å². The second-order valence-corrected chi connectivity index (χ2v) is 9.47. The van der Waals surface area contributed by atoms with E-state index in [0.29, 0.717) is 37.8 Å². The van der Waals surface area contributed by atoms with Gasteiger partial charge in [0.15, 0.2) is 0 Å². The summed E-state index contributed by atoms with van der Waals surface area (Å²) in [6, 6.07) is 6.79. The second kappa shape index (κ2) is 10.1. The van der Waals surface area contributed by atoms with Gasteiger partial charge in [0, 0.05) is 37.8 Å². The highest BCUT2D eigenvalue weighted by atomic mass is 35.5. The zero-order valence-corrected chi connectivity index (χ0v) is 18.4. The topological polar surface area (TPSA) is 69.7 Å². The molecule has 3 rings (SSSR count). The van der Waals surface area contributed by atoms with E-state index in [1.807, 2.05) is 13.8 Å². The highest BCUT2D eigenvalue weighted by molar-refractivity contribution is 7.89. The van der Waals surface area contributed by atoms with Crippen LogP contribution >= 0.6 is 12.4 Å². The molecule has 8 heteroatoms. The van der Waals surface area contributed by atoms with Gasteiger partial charge in [-0.25, -0.2) is 8.42 Å². The van der Waals surface area contributed by atoms with Gasteiger partial charge in [0.1, 0.15) is 0 Å². The molecule has 1 aromatic rings. The van der Waals surface area contributed by atoms with Crippen LogP contribution in [0, 0.1) is 5.92 Å². The van der Waals surface area contributed by atoms with Crippen LogP contribution in [0.2, 0.25) is 0 Å². The Labute approximate surface area is 175 Å². The Kier molecular flexibility index (Phi) is 8.30. The summed E-state index contributed by atoms with van der Waals surface area (Å²) in [4.78, 5) is 14.4. The Morgan fingerprint density at radius 1 is 1.07 bits per heavy atom. The number of carbonyl (C=O) groups excluding carboxylic acids is 1. The molecular formula is C20H32ClN3O3S. The van der Waals surface area contributed by atoms with Crippen molar-refractivity contribution in [2.24, 2.45) is 5.92 Å². The smallest absolute Gasteiger partial charge is 0.253 e. The molecule has 1 saturated heterocycles. The summed E-state index contributed by atoms with van der Waals surface area (Å²) in [5.74, 6) is 0.774. The molecule has 1 aromatic carbocycles. The normalized spacial score (nSPS) is 18.5. The van der Waals surface area contributed by atoms with Crippen molar-refractivity contribution in [2.45, 2.75) is 50.5 Å². The molecule has 28 heavy (non-hydrogen) atoms. The predicted octanol–water partition coefficient (Wildman–Crippen LogP) is 2.74. The molecule has 1 heterocycles. The van der Waals surface area contributed by atoms with Crippen molar-refractivity contribution in [1.29, 1.82) is 0 Å². The summed E-state index contributed by atoms with van der Waals surface area (Å²) in [6.45, 7) is 7.31. The monoisotopic (exact) mass is 429 g/mol. The van der Waals surface area contributed by atoms with E-state index in [0.717, 1.165) is 25.3 Å². The molecule has 0 atom stereocenters. The maximum atomic E-state index is 12.9. The summed E-state index contributed by atoms with van der Waals surface area (Å²) in [5.41, 5.74) is 0.528. The fourth-order valence-corrected chi connectivity index (χ4v) is 5.04. The summed E-state index contributed by atoms with van der Waals surface area (Å²) in [5, 5.41) is 3.57. The van der Waals surface area contributed by atoms with Gasteiger partial charge in [-0.15, -0.1) is 12.4 Å². The molecule has 0 bridgehead atoms. The van der Waals surface area contributed by atoms with Gasteiger partial charge < -0.3 is 10.2 Å². The molecule has 0 aromatic heterocycles. The SMILES string of the molecule is CCN(CC)C(=O)c1ccc(S(=O)(=O)N2CCC(NCC3CC3)CC2)cc1.Cl. The maximum Gasteiger partial charge on any atom is 0.253 e. The predicted molar refractivity (Wildman–Crippen MR) is 113 cm³/mol. The minimum absolute atomic E-state index is 0. The Bertz CT molecular complexity index is 738. The van der Waals surface area contributed by atoms with E-state index in [2.05, 4.69) is 5.32 Å². The number of hydrogen-bond donors (Lipinski definition) is 1. The standard InChI is InChI=1S/C20H31N3O3S.ClH/c1-3-22(4-2)20(24)17-7-9-19(10-8-17)27(25,26)23-13-11-18(12-14-23)21-15-16-5-6-16;/h7-10,16,18,21H,3-6,11-15H2,1-2H3;1H. The van der Waals surface area contributed by atoms with Crippen LogP contribution in [-0.4, -0.2) is 62.3 Å². The molecule has 0 spiro atoms. The van der Waals surface area contributed by atoms with Crippen molar-refractivity contribution >= 4 is 28.3 Å². The Morgan fingerprint density at radius 3 is 2.14 bits per heavy atom. The van der Waals surface area contributed by atoms with Crippen LogP contribution < -0.4 is 5.32 Å². The number of benzene rings is 1. The molecular weight excluding hydrogens is 398 g/mol. The average molecular weight is 430 g/mol. The van der Waals surface area contributed by atoms with Gasteiger partial charge in [-0.2, -0.15) is 4.31 Å². The lowest BCUT2D eigenvalue weighted by Crippen LogP contribution is -2.45. The van der Waals surface area contributed by atoms with Crippen molar-refractivity contribution < 1.29 is 13.2 Å². The second-order valence-electron chi connectivity index (χ2n) is 7.53. The van der Waals surface area contributed by atoms with E-state index >= 15 is 0 Å². The van der Waals surface area contributed by atoms with Gasteiger partial charge in [0.2, 0.25) is 10.0 Å². The largest absolute Gasteiger partial charge is 0.339 e. The number of piperidine rings is 1. The van der Waals surface area contributed by atoms with Crippen LogP contribution in [0.1, 0.15) is 49.9 Å². The van der Waals surface area contributed by atoms with Gasteiger partial charge in [-0.1, -0.05) is 0 Å². The molecule has 158 valence electrons. The van der Waals surface area contributed by atoms with Gasteiger partial charge in [0.05, 0.1) is 4.90 Å². The van der Waals surface area contributed by atoms with E-state index < -0.39 is 10.0 Å². The van der Waals surface area contributed by atoms with Gasteiger partial charge >= 0.3 is 0 Å². The molecule has 1 aliphatic heterocycles. The lowest BCUT2D eigenvalue weighted by molar-refractivity contribution is 0.0773. The first-order chi connectivity index (χ1) is 13.0. The number of nitrogens with zero attached hydrogens (tertiary/aromatic N) is 2. The van der Waals surface area contributed by atoms with Crippen LogP contribution in [0.4, 0.5) is 0 Å². The quantitative estimate of drug-likeness (QED) is 0.689. The average Bonchev–Trinajstić information content (AvgIpc) is 3.52. The van der Waals surface area contributed by atoms with E-state index in [4.69, 9.17) is 0 Å². The van der Waals surface area contributed by atoms with E-state index in [9.17, 15) is 13.2 Å². The summed E-state index contributed by atoms with van der Waals surface area (Å²) >= 11 is 0. The number of sulfonamides is 1. The van der Waals surface area contributed by atoms with Crippen molar-refractivity contribution in [3.8, 4) is 0 Å². The maximum absolute atomic E-state index is 12.9. The number of amides is 1. The van der Waals surface area contributed by atoms with Crippen LogP contribution in [-0.2, 0) is 10.0 Å². The third-order valence-electron chi connectivity index (χ3n) is 5.64. The van der Waals surface area contributed by atoms with Gasteiger partial charge in [-0.3, -0.25) is 4.79 Å². The first kappa shape index (κ1) is 23.1. The number of nitrogens with one attached hydrogen (secondary N) is 1. The Balaban J connectivity index is 0.00000280. The van der Waals surface area contributed by atoms with Crippen molar-refractivity contribution in [3.05, 3.63) is 29.8 Å². The lowest BCUT2D eigenvalue weighted by atomic mass is 10.1. The first-order valence-electron chi connectivity index (χ1n) is 10.1. The van der Waals surface area contributed by atoms with Crippen LogP contribution in [0.25, 0.3) is 0 Å². The molecule has 1 amide bonds. The minimum atomic E-state index is -3.50. The molecule has 6 nitrogen and oxygen atoms in total. The number of rotatable bonds is 8. The minimum Gasteiger partial charge on any atom is -0.339 e. The highest BCUT2D eigenvalue weighted by Gasteiger charge is 2.30. The van der Waals surface area contributed by atoms with Crippen LogP contribution in [0.15, 0.2) is 29.2 Å². The Morgan fingerprint density at radius 2 is 1.64 bits per heavy atom. The van der Waals surface area contributed by atoms with Gasteiger partial charge in [0.25, 0.3) is 5.91 Å². The Hall–Kier alpha value is -1.15. The van der Waals surface area contributed by atoms with Gasteiger partial charge in [-0.05, 0) is 76.3 Å². The van der Waals surface area contributed by atoms with Crippen LogP contribution in [0.3, 0.4) is 0 Å². The molecule has 2 aliphatic rings. The van der Waals surface area contributed by atoms with E-state index in [-0.39, 0.29) is 23.2 Å². The molecule has 1 aliphatic carbocycles. The fourth-order valence-electron chi connectivity index (χ4n) is 3.57. The first-order valence-corrected chi connectivity index (χ1v) is 11.5. The number of carbonyl (C=O) groups is 1. The molecule has 1 saturated carbocycles. The number of halogens is 1. The molecule has 2 fully saturated rings. The summed E-state index contributed by atoms with van der Waals surface area (Å²) < 4.78 is 27.4. The zero-order valence-electron chi connectivity index (χ0n) is 16.8.